The molecule has 1 N–H and O–H groups in total. The Bertz CT molecular complexity index is 1220. The van der Waals surface area contributed by atoms with Gasteiger partial charge in [0.15, 0.2) is 0 Å². The van der Waals surface area contributed by atoms with Crippen molar-refractivity contribution in [2.24, 2.45) is 0 Å². The van der Waals surface area contributed by atoms with E-state index in [9.17, 15) is 9.59 Å². The van der Waals surface area contributed by atoms with Crippen LogP contribution < -0.4 is 5.32 Å². The van der Waals surface area contributed by atoms with E-state index in [-0.39, 0.29) is 0 Å². The molecule has 0 spiro atoms. The van der Waals surface area contributed by atoms with Gasteiger partial charge in [0.05, 0.1) is 13.2 Å². The maximum atomic E-state index is 14.5. The van der Waals surface area contributed by atoms with E-state index >= 15 is 0 Å². The molecule has 0 radical (unpaired) electrons. The normalized spacial score (nSPS) is 12.7. The fraction of sp³-hybridized carbons (Fsp3) is 0.161. The van der Waals surface area contributed by atoms with E-state index in [0.717, 1.165) is 11.1 Å². The summed E-state index contributed by atoms with van der Waals surface area (Å²) in [4.78, 5) is 27.2. The van der Waals surface area contributed by atoms with Gasteiger partial charge in [-0.05, 0) is 29.2 Å². The minimum absolute atomic E-state index is 0.485. The summed E-state index contributed by atoms with van der Waals surface area (Å²) in [5, 5.41) is 2.95. The predicted molar refractivity (Wildman–Crippen MR) is 139 cm³/mol. The van der Waals surface area contributed by atoms with Gasteiger partial charge in [0.25, 0.3) is 0 Å². The predicted octanol–water partition coefficient (Wildman–Crippen LogP) is 6.37. The summed E-state index contributed by atoms with van der Waals surface area (Å²) in [5.41, 5.74) is 1.57. The van der Waals surface area contributed by atoms with Crippen molar-refractivity contribution in [3.63, 3.8) is 0 Å². The molecule has 0 bridgehead atoms. The van der Waals surface area contributed by atoms with E-state index < -0.39 is 29.6 Å². The minimum Gasteiger partial charge on any atom is -0.457 e. The van der Waals surface area contributed by atoms with E-state index in [0.29, 0.717) is 11.1 Å². The van der Waals surface area contributed by atoms with Crippen molar-refractivity contribution in [2.45, 2.75) is 24.5 Å². The van der Waals surface area contributed by atoms with Crippen molar-refractivity contribution in [2.75, 3.05) is 7.11 Å². The molecule has 4 aromatic rings. The summed E-state index contributed by atoms with van der Waals surface area (Å²) in [5.74, 6) is -0.485. The molecule has 0 aliphatic rings. The SMILES string of the molecule is COC(=O)N[C@H](c1ccccc1)C(C(=O)O[C@H](C)c1ccccc1)(c1ccccc1)c1ccccc1. The fourth-order valence-corrected chi connectivity index (χ4v) is 4.57. The smallest absolute Gasteiger partial charge is 0.407 e. The van der Waals surface area contributed by atoms with Gasteiger partial charge in [-0.3, -0.25) is 4.79 Å². The summed E-state index contributed by atoms with van der Waals surface area (Å²) >= 11 is 0. The lowest BCUT2D eigenvalue weighted by atomic mass is 9.67. The Morgan fingerprint density at radius 1 is 0.667 bits per heavy atom. The number of methoxy groups -OCH3 is 1. The van der Waals surface area contributed by atoms with Gasteiger partial charge in [0.1, 0.15) is 11.5 Å². The molecule has 0 unspecified atom stereocenters. The lowest BCUT2D eigenvalue weighted by molar-refractivity contribution is -0.155. The van der Waals surface area contributed by atoms with Crippen LogP contribution in [0.15, 0.2) is 121 Å². The second-order valence-electron chi connectivity index (χ2n) is 8.48. The molecular weight excluding hydrogens is 450 g/mol. The Hall–Kier alpha value is -4.38. The van der Waals surface area contributed by atoms with Crippen LogP contribution in [0.5, 0.6) is 0 Å². The zero-order valence-corrected chi connectivity index (χ0v) is 20.3. The second-order valence-corrected chi connectivity index (χ2v) is 8.48. The van der Waals surface area contributed by atoms with Crippen molar-refractivity contribution < 1.29 is 19.1 Å². The molecule has 0 aliphatic carbocycles. The summed E-state index contributed by atoms with van der Waals surface area (Å²) in [6.45, 7) is 1.85. The van der Waals surface area contributed by atoms with E-state index in [2.05, 4.69) is 5.32 Å². The number of nitrogens with one attached hydrogen (secondary N) is 1. The van der Waals surface area contributed by atoms with Crippen molar-refractivity contribution in [1.82, 2.24) is 5.32 Å². The molecule has 2 atom stereocenters. The molecule has 0 saturated carbocycles. The topological polar surface area (TPSA) is 64.6 Å². The van der Waals surface area contributed by atoms with Crippen LogP contribution in [0.3, 0.4) is 0 Å². The molecule has 5 heteroatoms. The molecule has 4 aromatic carbocycles. The highest BCUT2D eigenvalue weighted by atomic mass is 16.5. The van der Waals surface area contributed by atoms with E-state index in [1.807, 2.05) is 128 Å². The molecular formula is C31H29NO4. The van der Waals surface area contributed by atoms with Gasteiger partial charge in [-0.2, -0.15) is 0 Å². The molecule has 0 saturated heterocycles. The zero-order valence-electron chi connectivity index (χ0n) is 20.3. The zero-order chi connectivity index (χ0) is 25.4. The van der Waals surface area contributed by atoms with Crippen LogP contribution in [-0.4, -0.2) is 19.2 Å². The maximum Gasteiger partial charge on any atom is 0.407 e. The van der Waals surface area contributed by atoms with Crippen LogP contribution in [0.1, 0.15) is 41.3 Å². The fourth-order valence-electron chi connectivity index (χ4n) is 4.57. The van der Waals surface area contributed by atoms with E-state index in [1.54, 1.807) is 0 Å². The van der Waals surface area contributed by atoms with Gasteiger partial charge in [-0.15, -0.1) is 0 Å². The molecule has 0 heterocycles. The number of alkyl carbamates (subject to hydrolysis) is 1. The van der Waals surface area contributed by atoms with Crippen molar-refractivity contribution in [3.05, 3.63) is 144 Å². The Kier molecular flexibility index (Phi) is 7.81. The number of carbonyl (C=O) groups is 2. The molecule has 36 heavy (non-hydrogen) atoms. The molecule has 0 fully saturated rings. The molecule has 0 aromatic heterocycles. The minimum atomic E-state index is -1.42. The van der Waals surface area contributed by atoms with Crippen molar-refractivity contribution in [1.29, 1.82) is 0 Å². The first-order chi connectivity index (χ1) is 17.6. The Balaban J connectivity index is 1.97. The maximum absolute atomic E-state index is 14.5. The van der Waals surface area contributed by atoms with Crippen LogP contribution >= 0.6 is 0 Å². The molecule has 0 aliphatic heterocycles. The number of amides is 1. The lowest BCUT2D eigenvalue weighted by Gasteiger charge is -2.40. The monoisotopic (exact) mass is 479 g/mol. The third-order valence-electron chi connectivity index (χ3n) is 6.35. The number of carbonyl (C=O) groups excluding carboxylic acids is 2. The third kappa shape index (κ3) is 5.01. The summed E-state index contributed by atoms with van der Waals surface area (Å²) < 4.78 is 11.2. The first-order valence-electron chi connectivity index (χ1n) is 11.8. The van der Waals surface area contributed by atoms with Gasteiger partial charge in [-0.25, -0.2) is 4.79 Å². The standard InChI is InChI=1S/C31H29NO4/c1-23(24-15-7-3-8-16-24)36-29(33)31(26-19-11-5-12-20-26,27-21-13-6-14-22-27)28(32-30(34)35-2)25-17-9-4-10-18-25/h3-23,28H,1-2H3,(H,32,34)/t23-,28-/m1/s1. The second kappa shape index (κ2) is 11.4. The van der Waals surface area contributed by atoms with E-state index in [1.165, 1.54) is 7.11 Å². The highest BCUT2D eigenvalue weighted by molar-refractivity contribution is 5.90. The van der Waals surface area contributed by atoms with Crippen LogP contribution in [0, 0.1) is 0 Å². The first kappa shape index (κ1) is 24.7. The molecule has 5 nitrogen and oxygen atoms in total. The van der Waals surface area contributed by atoms with E-state index in [4.69, 9.17) is 9.47 Å². The number of hydrogen-bond donors (Lipinski definition) is 1. The Labute approximate surface area is 211 Å². The van der Waals surface area contributed by atoms with Gasteiger partial charge in [0, 0.05) is 0 Å². The largest absolute Gasteiger partial charge is 0.457 e. The highest BCUT2D eigenvalue weighted by Gasteiger charge is 2.52. The molecule has 1 amide bonds. The number of benzene rings is 4. The van der Waals surface area contributed by atoms with Crippen LogP contribution in [0.4, 0.5) is 4.79 Å². The third-order valence-corrected chi connectivity index (χ3v) is 6.35. The van der Waals surface area contributed by atoms with Gasteiger partial charge < -0.3 is 14.8 Å². The van der Waals surface area contributed by atoms with Crippen LogP contribution in [0.2, 0.25) is 0 Å². The van der Waals surface area contributed by atoms with Gasteiger partial charge in [-0.1, -0.05) is 121 Å². The number of ether oxygens (including phenoxy) is 2. The number of esters is 1. The van der Waals surface area contributed by atoms with Crippen molar-refractivity contribution in [3.8, 4) is 0 Å². The number of rotatable bonds is 8. The number of hydrogen-bond acceptors (Lipinski definition) is 4. The Morgan fingerprint density at radius 2 is 1.08 bits per heavy atom. The summed E-state index contributed by atoms with van der Waals surface area (Å²) in [6.07, 6.45) is -1.16. The average molecular weight is 480 g/mol. The molecule has 4 rings (SSSR count). The van der Waals surface area contributed by atoms with Gasteiger partial charge in [0.2, 0.25) is 0 Å². The highest BCUT2D eigenvalue weighted by Crippen LogP contribution is 2.45. The van der Waals surface area contributed by atoms with Crippen molar-refractivity contribution >= 4 is 12.1 Å². The first-order valence-corrected chi connectivity index (χ1v) is 11.8. The summed E-state index contributed by atoms with van der Waals surface area (Å²) in [6, 6.07) is 37.0. The Morgan fingerprint density at radius 3 is 1.53 bits per heavy atom. The van der Waals surface area contributed by atoms with Gasteiger partial charge >= 0.3 is 12.1 Å². The summed E-state index contributed by atoms with van der Waals surface area (Å²) in [7, 11) is 1.31. The van der Waals surface area contributed by atoms with Crippen LogP contribution in [0.25, 0.3) is 0 Å². The lowest BCUT2D eigenvalue weighted by Crippen LogP contribution is -2.51. The molecule has 182 valence electrons. The quantitative estimate of drug-likeness (QED) is 0.298. The average Bonchev–Trinajstić information content (AvgIpc) is 2.95. The van der Waals surface area contributed by atoms with Crippen LogP contribution in [-0.2, 0) is 19.7 Å².